The van der Waals surface area contributed by atoms with Crippen LogP contribution >= 0.6 is 0 Å². The van der Waals surface area contributed by atoms with Gasteiger partial charge in [0.1, 0.15) is 11.4 Å². The van der Waals surface area contributed by atoms with Crippen LogP contribution in [0.3, 0.4) is 0 Å². The number of allylic oxidation sites excluding steroid dienone is 1. The van der Waals surface area contributed by atoms with E-state index in [1.54, 1.807) is 22.0 Å². The number of hydrogen-bond acceptors (Lipinski definition) is 4. The highest BCUT2D eigenvalue weighted by Gasteiger charge is 2.41. The number of carbonyl (C=O) groups is 2. The maximum absolute atomic E-state index is 11.8. The Balaban J connectivity index is 1.76. The van der Waals surface area contributed by atoms with Gasteiger partial charge in [-0.05, 0) is 31.1 Å². The molecule has 2 atom stereocenters. The number of aliphatic hydroxyl groups excluding tert-OH is 1. The number of amides is 2. The molecule has 2 N–H and O–H groups in total. The van der Waals surface area contributed by atoms with E-state index in [1.165, 1.54) is 6.08 Å². The molecule has 120 valence electrons. The third-order valence-electron chi connectivity index (χ3n) is 4.76. The van der Waals surface area contributed by atoms with Crippen molar-refractivity contribution < 1.29 is 19.8 Å². The summed E-state index contributed by atoms with van der Waals surface area (Å²) in [6, 6.07) is 0. The molecule has 2 fully saturated rings. The number of rotatable bonds is 4. The van der Waals surface area contributed by atoms with Gasteiger partial charge in [0, 0.05) is 38.4 Å². The minimum Gasteiger partial charge on any atom is -0.508 e. The molecule has 0 bridgehead atoms. The fourth-order valence-electron chi connectivity index (χ4n) is 3.45. The number of carbonyl (C=O) groups excluding carboxylic acids is 2. The first-order valence-electron chi connectivity index (χ1n) is 7.86. The van der Waals surface area contributed by atoms with Gasteiger partial charge in [-0.2, -0.15) is 0 Å². The molecule has 2 amide bonds. The predicted molar refractivity (Wildman–Crippen MR) is 79.9 cm³/mol. The molecule has 0 radical (unpaired) electrons. The molecule has 0 spiro atoms. The second-order valence-electron chi connectivity index (χ2n) is 6.38. The van der Waals surface area contributed by atoms with Gasteiger partial charge in [-0.3, -0.25) is 9.59 Å². The average Bonchev–Trinajstić information content (AvgIpc) is 3.05. The van der Waals surface area contributed by atoms with Crippen LogP contribution in [0.25, 0.3) is 0 Å². The zero-order chi connectivity index (χ0) is 15.7. The van der Waals surface area contributed by atoms with Crippen molar-refractivity contribution in [2.45, 2.75) is 31.3 Å². The monoisotopic (exact) mass is 306 g/mol. The Morgan fingerprint density at radius 2 is 1.77 bits per heavy atom. The first-order chi connectivity index (χ1) is 10.5. The molecule has 0 aromatic heterocycles. The van der Waals surface area contributed by atoms with Crippen LogP contribution in [-0.4, -0.2) is 63.6 Å². The molecule has 6 nitrogen and oxygen atoms in total. The average molecular weight is 306 g/mol. The molecule has 2 saturated heterocycles. The van der Waals surface area contributed by atoms with Gasteiger partial charge in [-0.25, -0.2) is 0 Å². The van der Waals surface area contributed by atoms with Gasteiger partial charge >= 0.3 is 0 Å². The largest absolute Gasteiger partial charge is 0.508 e. The van der Waals surface area contributed by atoms with Crippen molar-refractivity contribution in [3.63, 3.8) is 0 Å². The van der Waals surface area contributed by atoms with Gasteiger partial charge in [0.2, 0.25) is 11.8 Å². The van der Waals surface area contributed by atoms with E-state index in [0.29, 0.717) is 32.5 Å². The molecule has 2 heterocycles. The topological polar surface area (TPSA) is 81.1 Å². The normalized spacial score (nSPS) is 32.0. The van der Waals surface area contributed by atoms with Crippen LogP contribution in [0.15, 0.2) is 24.0 Å². The first kappa shape index (κ1) is 15.1. The van der Waals surface area contributed by atoms with Crippen molar-refractivity contribution in [2.24, 2.45) is 5.92 Å². The van der Waals surface area contributed by atoms with Gasteiger partial charge in [0.15, 0.2) is 0 Å². The molecule has 22 heavy (non-hydrogen) atoms. The smallest absolute Gasteiger partial charge is 0.222 e. The molecule has 1 aliphatic carbocycles. The van der Waals surface area contributed by atoms with Crippen molar-refractivity contribution in [3.8, 4) is 0 Å². The molecular formula is C16H22N2O4. The van der Waals surface area contributed by atoms with E-state index < -0.39 is 11.5 Å². The van der Waals surface area contributed by atoms with Crippen LogP contribution in [-0.2, 0) is 9.59 Å². The molecule has 2 aliphatic heterocycles. The second-order valence-corrected chi connectivity index (χ2v) is 6.38. The lowest BCUT2D eigenvalue weighted by molar-refractivity contribution is -0.132. The molecule has 3 rings (SSSR count). The van der Waals surface area contributed by atoms with E-state index in [-0.39, 0.29) is 24.1 Å². The van der Waals surface area contributed by atoms with Gasteiger partial charge in [-0.1, -0.05) is 0 Å². The SMILES string of the molecule is O=C1CCCN1CC1C=C(O)C=CC1(O)CN1CCCC1=O. The fraction of sp³-hybridized carbons (Fsp3) is 0.625. The van der Waals surface area contributed by atoms with Crippen molar-refractivity contribution in [3.05, 3.63) is 24.0 Å². The summed E-state index contributed by atoms with van der Waals surface area (Å²) >= 11 is 0. The molecule has 6 heteroatoms. The number of hydrogen-bond donors (Lipinski definition) is 2. The van der Waals surface area contributed by atoms with Gasteiger partial charge in [0.25, 0.3) is 0 Å². The summed E-state index contributed by atoms with van der Waals surface area (Å²) in [5, 5.41) is 20.7. The van der Waals surface area contributed by atoms with Crippen molar-refractivity contribution >= 4 is 11.8 Å². The Labute approximate surface area is 129 Å². The Hall–Kier alpha value is -1.82. The lowest BCUT2D eigenvalue weighted by atomic mass is 9.82. The minimum absolute atomic E-state index is 0.0524. The Bertz CT molecular complexity index is 542. The summed E-state index contributed by atoms with van der Waals surface area (Å²) in [5.74, 6) is -0.180. The van der Waals surface area contributed by atoms with Crippen molar-refractivity contribution in [1.82, 2.24) is 9.80 Å². The van der Waals surface area contributed by atoms with E-state index in [9.17, 15) is 19.8 Å². The second kappa shape index (κ2) is 5.76. The van der Waals surface area contributed by atoms with Crippen LogP contribution in [0, 0.1) is 5.92 Å². The van der Waals surface area contributed by atoms with E-state index in [2.05, 4.69) is 0 Å². The summed E-state index contributed by atoms with van der Waals surface area (Å²) in [7, 11) is 0. The minimum atomic E-state index is -1.24. The van der Waals surface area contributed by atoms with Crippen molar-refractivity contribution in [2.75, 3.05) is 26.2 Å². The molecule has 0 aromatic rings. The van der Waals surface area contributed by atoms with Crippen LogP contribution in [0.2, 0.25) is 0 Å². The molecule has 2 unspecified atom stereocenters. The molecule has 0 aromatic carbocycles. The number of nitrogens with zero attached hydrogens (tertiary/aromatic N) is 2. The summed E-state index contributed by atoms with van der Waals surface area (Å²) in [5.41, 5.74) is -1.24. The zero-order valence-corrected chi connectivity index (χ0v) is 12.6. The third-order valence-corrected chi connectivity index (χ3v) is 4.76. The third kappa shape index (κ3) is 2.88. The number of aliphatic hydroxyl groups is 2. The fourth-order valence-corrected chi connectivity index (χ4v) is 3.45. The molecular weight excluding hydrogens is 284 g/mol. The molecule has 3 aliphatic rings. The van der Waals surface area contributed by atoms with E-state index >= 15 is 0 Å². The standard InChI is InChI=1S/C16H22N2O4/c19-13-5-6-16(22,11-18-8-2-4-15(18)21)12(9-13)10-17-7-1-3-14(17)20/h5-6,9,12,19,22H,1-4,7-8,10-11H2. The maximum atomic E-state index is 11.8. The predicted octanol–water partition coefficient (Wildman–Crippen LogP) is 0.590. The number of β-amino-alcohol motifs (C(OH)–C–C–N with tert-alkyl or cyclic N) is 1. The van der Waals surface area contributed by atoms with Crippen LogP contribution in [0.5, 0.6) is 0 Å². The van der Waals surface area contributed by atoms with Crippen LogP contribution < -0.4 is 0 Å². The summed E-state index contributed by atoms with van der Waals surface area (Å²) < 4.78 is 0. The summed E-state index contributed by atoms with van der Waals surface area (Å²) in [4.78, 5) is 27.0. The quantitative estimate of drug-likeness (QED) is 0.796. The highest BCUT2D eigenvalue weighted by molar-refractivity contribution is 5.78. The summed E-state index contributed by atoms with van der Waals surface area (Å²) in [6.45, 7) is 1.91. The van der Waals surface area contributed by atoms with Gasteiger partial charge in [0.05, 0.1) is 6.54 Å². The molecule has 0 saturated carbocycles. The Morgan fingerprint density at radius 3 is 2.36 bits per heavy atom. The number of likely N-dealkylation sites (tertiary alicyclic amines) is 2. The van der Waals surface area contributed by atoms with E-state index in [4.69, 9.17) is 0 Å². The highest BCUT2D eigenvalue weighted by Crippen LogP contribution is 2.31. The van der Waals surface area contributed by atoms with Crippen LogP contribution in [0.4, 0.5) is 0 Å². The zero-order valence-electron chi connectivity index (χ0n) is 12.6. The van der Waals surface area contributed by atoms with E-state index in [0.717, 1.165) is 12.8 Å². The Morgan fingerprint density at radius 1 is 1.14 bits per heavy atom. The van der Waals surface area contributed by atoms with Crippen LogP contribution in [0.1, 0.15) is 25.7 Å². The maximum Gasteiger partial charge on any atom is 0.222 e. The van der Waals surface area contributed by atoms with Gasteiger partial charge < -0.3 is 20.0 Å². The lowest BCUT2D eigenvalue weighted by Gasteiger charge is -2.38. The van der Waals surface area contributed by atoms with Gasteiger partial charge in [-0.15, -0.1) is 0 Å². The first-order valence-corrected chi connectivity index (χ1v) is 7.86. The Kier molecular flexibility index (Phi) is 3.95. The highest BCUT2D eigenvalue weighted by atomic mass is 16.3. The lowest BCUT2D eigenvalue weighted by Crippen LogP contribution is -2.51. The van der Waals surface area contributed by atoms with E-state index in [1.807, 2.05) is 0 Å². The van der Waals surface area contributed by atoms with Crippen molar-refractivity contribution in [1.29, 1.82) is 0 Å². The summed E-state index contributed by atoms with van der Waals surface area (Å²) in [6.07, 6.45) is 7.32.